The summed E-state index contributed by atoms with van der Waals surface area (Å²) in [5.74, 6) is 0.0829. The number of carbonyl (C=O) groups is 1. The number of benzene rings is 1. The van der Waals surface area contributed by atoms with Gasteiger partial charge in [-0.05, 0) is 12.1 Å². The molecule has 7 heteroatoms. The number of nitrogens with one attached hydrogen (secondary N) is 1. The maximum atomic E-state index is 11.9. The fraction of sp³-hybridized carbons (Fsp3) is 0.462. The van der Waals surface area contributed by atoms with Crippen LogP contribution < -0.4 is 10.1 Å². The van der Waals surface area contributed by atoms with Gasteiger partial charge in [-0.1, -0.05) is 23.2 Å². The first kappa shape index (κ1) is 17.0. The van der Waals surface area contributed by atoms with Gasteiger partial charge in [0.1, 0.15) is 0 Å². The van der Waals surface area contributed by atoms with Gasteiger partial charge in [0.25, 0.3) is 5.91 Å². The minimum atomic E-state index is -0.271. The lowest BCUT2D eigenvalue weighted by atomic mass is 10.2. The van der Waals surface area contributed by atoms with E-state index in [0.717, 1.165) is 0 Å². The Bertz CT molecular complexity index is 431. The van der Waals surface area contributed by atoms with Gasteiger partial charge >= 0.3 is 0 Å². The van der Waals surface area contributed by atoms with Gasteiger partial charge in [-0.3, -0.25) is 4.79 Å². The van der Waals surface area contributed by atoms with Gasteiger partial charge in [0, 0.05) is 19.2 Å². The second-order valence-electron chi connectivity index (χ2n) is 3.83. The van der Waals surface area contributed by atoms with Gasteiger partial charge in [0.05, 0.1) is 37.0 Å². The molecule has 0 aliphatic heterocycles. The molecule has 0 aliphatic rings. The first-order chi connectivity index (χ1) is 9.60. The Hall–Kier alpha value is -1.01. The highest BCUT2D eigenvalue weighted by atomic mass is 35.5. The molecule has 1 aromatic rings. The molecule has 0 unspecified atom stereocenters. The molecule has 0 fully saturated rings. The molecule has 0 saturated carbocycles. The van der Waals surface area contributed by atoms with Crippen molar-refractivity contribution < 1.29 is 19.0 Å². The van der Waals surface area contributed by atoms with Gasteiger partial charge in [0.2, 0.25) is 0 Å². The molecular weight excluding hydrogens is 305 g/mol. The molecule has 1 amide bonds. The van der Waals surface area contributed by atoms with Crippen molar-refractivity contribution in [2.75, 3.05) is 40.6 Å². The fourth-order valence-electron chi connectivity index (χ4n) is 1.47. The van der Waals surface area contributed by atoms with Gasteiger partial charge < -0.3 is 19.5 Å². The molecule has 0 bridgehead atoms. The number of carbonyl (C=O) groups excluding carboxylic acids is 1. The van der Waals surface area contributed by atoms with Gasteiger partial charge in [-0.15, -0.1) is 0 Å². The monoisotopic (exact) mass is 321 g/mol. The molecule has 0 aromatic heterocycles. The van der Waals surface area contributed by atoms with E-state index in [4.69, 9.17) is 37.4 Å². The average molecular weight is 322 g/mol. The van der Waals surface area contributed by atoms with Crippen molar-refractivity contribution >= 4 is 29.1 Å². The molecule has 1 rings (SSSR count). The standard InChI is InChI=1S/C13H17Cl2NO4/c1-18-5-6-20-4-3-16-13(17)9-7-10(14)12(19-2)11(15)8-9/h7-8H,3-6H2,1-2H3,(H,16,17). The largest absolute Gasteiger partial charge is 0.494 e. The summed E-state index contributed by atoms with van der Waals surface area (Å²) in [5, 5.41) is 3.29. The summed E-state index contributed by atoms with van der Waals surface area (Å²) in [5.41, 5.74) is 0.373. The van der Waals surface area contributed by atoms with Crippen molar-refractivity contribution in [3.63, 3.8) is 0 Å². The topological polar surface area (TPSA) is 56.8 Å². The number of hydrogen-bond acceptors (Lipinski definition) is 4. The number of halogens is 2. The number of rotatable bonds is 8. The number of ether oxygens (including phenoxy) is 3. The molecule has 0 saturated heterocycles. The highest BCUT2D eigenvalue weighted by molar-refractivity contribution is 6.37. The van der Waals surface area contributed by atoms with Gasteiger partial charge in [-0.25, -0.2) is 0 Å². The first-order valence-electron chi connectivity index (χ1n) is 5.98. The van der Waals surface area contributed by atoms with E-state index in [9.17, 15) is 4.79 Å². The van der Waals surface area contributed by atoms with Crippen molar-refractivity contribution in [2.24, 2.45) is 0 Å². The zero-order valence-electron chi connectivity index (χ0n) is 11.4. The highest BCUT2D eigenvalue weighted by Crippen LogP contribution is 2.33. The Balaban J connectivity index is 2.48. The predicted octanol–water partition coefficient (Wildman–Crippen LogP) is 2.39. The van der Waals surface area contributed by atoms with Crippen molar-refractivity contribution in [2.45, 2.75) is 0 Å². The molecule has 0 heterocycles. The number of amides is 1. The van der Waals surface area contributed by atoms with Crippen LogP contribution in [0.15, 0.2) is 12.1 Å². The molecule has 0 radical (unpaired) electrons. The zero-order valence-corrected chi connectivity index (χ0v) is 12.9. The summed E-state index contributed by atoms with van der Waals surface area (Å²) >= 11 is 11.9. The van der Waals surface area contributed by atoms with E-state index in [1.165, 1.54) is 19.2 Å². The lowest BCUT2D eigenvalue weighted by molar-refractivity contribution is 0.0692. The normalized spacial score (nSPS) is 10.4. The van der Waals surface area contributed by atoms with Crippen LogP contribution in [0.3, 0.4) is 0 Å². The first-order valence-corrected chi connectivity index (χ1v) is 6.73. The van der Waals surface area contributed by atoms with Crippen molar-refractivity contribution in [1.29, 1.82) is 0 Å². The van der Waals surface area contributed by atoms with E-state index in [-0.39, 0.29) is 5.91 Å². The Morgan fingerprint density at radius 2 is 1.80 bits per heavy atom. The summed E-state index contributed by atoms with van der Waals surface area (Å²) in [6.07, 6.45) is 0. The van der Waals surface area contributed by atoms with Crippen LogP contribution in [-0.4, -0.2) is 46.5 Å². The number of methoxy groups -OCH3 is 2. The van der Waals surface area contributed by atoms with E-state index >= 15 is 0 Å². The Morgan fingerprint density at radius 3 is 2.35 bits per heavy atom. The SMILES string of the molecule is COCCOCCNC(=O)c1cc(Cl)c(OC)c(Cl)c1. The maximum Gasteiger partial charge on any atom is 0.251 e. The summed E-state index contributed by atoms with van der Waals surface area (Å²) in [7, 11) is 3.06. The smallest absolute Gasteiger partial charge is 0.251 e. The maximum absolute atomic E-state index is 11.9. The summed E-state index contributed by atoms with van der Waals surface area (Å²) < 4.78 is 15.1. The third-order valence-corrected chi connectivity index (χ3v) is 2.99. The lowest BCUT2D eigenvalue weighted by Crippen LogP contribution is -2.27. The van der Waals surface area contributed by atoms with Gasteiger partial charge in [0.15, 0.2) is 5.75 Å². The molecule has 1 aromatic carbocycles. The van der Waals surface area contributed by atoms with Gasteiger partial charge in [-0.2, -0.15) is 0 Å². The van der Waals surface area contributed by atoms with Crippen LogP contribution in [-0.2, 0) is 9.47 Å². The summed E-state index contributed by atoms with van der Waals surface area (Å²) in [4.78, 5) is 11.9. The molecule has 0 aliphatic carbocycles. The van der Waals surface area contributed by atoms with Crippen molar-refractivity contribution in [1.82, 2.24) is 5.32 Å². The quantitative estimate of drug-likeness (QED) is 0.747. The van der Waals surface area contributed by atoms with E-state index in [2.05, 4.69) is 5.32 Å². The Kier molecular flexibility index (Phi) is 7.69. The number of hydrogen-bond donors (Lipinski definition) is 1. The Labute approximate surface area is 128 Å². The molecule has 20 heavy (non-hydrogen) atoms. The van der Waals surface area contributed by atoms with Crippen LogP contribution >= 0.6 is 23.2 Å². The third kappa shape index (κ3) is 5.17. The van der Waals surface area contributed by atoms with Crippen LogP contribution in [0.25, 0.3) is 0 Å². The van der Waals surface area contributed by atoms with Crippen LogP contribution in [0, 0.1) is 0 Å². The van der Waals surface area contributed by atoms with E-state index in [1.807, 2.05) is 0 Å². The molecule has 5 nitrogen and oxygen atoms in total. The highest BCUT2D eigenvalue weighted by Gasteiger charge is 2.13. The van der Waals surface area contributed by atoms with Crippen molar-refractivity contribution in [3.05, 3.63) is 27.7 Å². The van der Waals surface area contributed by atoms with E-state index in [1.54, 1.807) is 7.11 Å². The fourth-order valence-corrected chi connectivity index (χ4v) is 2.11. The summed E-state index contributed by atoms with van der Waals surface area (Å²) in [6, 6.07) is 3.01. The molecular formula is C13H17Cl2NO4. The average Bonchev–Trinajstić information content (AvgIpc) is 2.42. The van der Waals surface area contributed by atoms with E-state index < -0.39 is 0 Å². The van der Waals surface area contributed by atoms with Crippen LogP contribution in [0.2, 0.25) is 10.0 Å². The Morgan fingerprint density at radius 1 is 1.15 bits per heavy atom. The second kappa shape index (κ2) is 9.02. The minimum absolute atomic E-state index is 0.271. The molecule has 0 spiro atoms. The molecule has 0 atom stereocenters. The van der Waals surface area contributed by atoms with Crippen LogP contribution in [0.5, 0.6) is 5.75 Å². The predicted molar refractivity (Wildman–Crippen MR) is 78.0 cm³/mol. The molecule has 1 N–H and O–H groups in total. The lowest BCUT2D eigenvalue weighted by Gasteiger charge is -2.09. The molecule has 112 valence electrons. The van der Waals surface area contributed by atoms with Crippen molar-refractivity contribution in [3.8, 4) is 5.75 Å². The van der Waals surface area contributed by atoms with E-state index in [0.29, 0.717) is 47.7 Å². The second-order valence-corrected chi connectivity index (χ2v) is 4.65. The van der Waals surface area contributed by atoms with Crippen LogP contribution in [0.1, 0.15) is 10.4 Å². The minimum Gasteiger partial charge on any atom is -0.494 e. The third-order valence-electron chi connectivity index (χ3n) is 2.43. The zero-order chi connectivity index (χ0) is 15.0. The summed E-state index contributed by atoms with van der Waals surface area (Å²) in [6.45, 7) is 1.82. The van der Waals surface area contributed by atoms with Crippen LogP contribution in [0.4, 0.5) is 0 Å².